The van der Waals surface area contributed by atoms with Crippen molar-refractivity contribution in [3.8, 4) is 0 Å². The SMILES string of the molecule is CN1C[C@@H]2CC1CN2c1ccc(Cl)nc1. The van der Waals surface area contributed by atoms with Crippen LogP contribution in [-0.2, 0) is 0 Å². The third-order valence-corrected chi connectivity index (χ3v) is 3.78. The quantitative estimate of drug-likeness (QED) is 0.675. The van der Waals surface area contributed by atoms with Crippen molar-refractivity contribution in [1.82, 2.24) is 9.88 Å². The van der Waals surface area contributed by atoms with Crippen LogP contribution in [0.25, 0.3) is 0 Å². The van der Waals surface area contributed by atoms with E-state index in [-0.39, 0.29) is 0 Å². The fraction of sp³-hybridized carbons (Fsp3) is 0.545. The van der Waals surface area contributed by atoms with E-state index >= 15 is 0 Å². The Hall–Kier alpha value is -0.800. The molecular weight excluding hydrogens is 210 g/mol. The minimum absolute atomic E-state index is 0.570. The zero-order chi connectivity index (χ0) is 10.4. The van der Waals surface area contributed by atoms with Gasteiger partial charge in [-0.3, -0.25) is 4.90 Å². The summed E-state index contributed by atoms with van der Waals surface area (Å²) in [5, 5.41) is 0.570. The molecule has 2 atom stereocenters. The normalized spacial score (nSPS) is 30.1. The molecule has 2 fully saturated rings. The number of hydrogen-bond acceptors (Lipinski definition) is 3. The maximum Gasteiger partial charge on any atom is 0.129 e. The van der Waals surface area contributed by atoms with Gasteiger partial charge in [-0.2, -0.15) is 0 Å². The van der Waals surface area contributed by atoms with Gasteiger partial charge in [0.1, 0.15) is 5.15 Å². The summed E-state index contributed by atoms with van der Waals surface area (Å²) in [5.74, 6) is 0. The Morgan fingerprint density at radius 3 is 2.73 bits per heavy atom. The van der Waals surface area contributed by atoms with Gasteiger partial charge in [-0.1, -0.05) is 11.6 Å². The largest absolute Gasteiger partial charge is 0.364 e. The Morgan fingerprint density at radius 2 is 2.20 bits per heavy atom. The summed E-state index contributed by atoms with van der Waals surface area (Å²) in [4.78, 5) is 9.04. The van der Waals surface area contributed by atoms with Crippen LogP contribution in [0.5, 0.6) is 0 Å². The molecular formula is C11H14ClN3. The van der Waals surface area contributed by atoms with Gasteiger partial charge in [0.2, 0.25) is 0 Å². The van der Waals surface area contributed by atoms with Crippen LogP contribution in [0, 0.1) is 0 Å². The number of likely N-dealkylation sites (N-methyl/N-ethyl adjacent to an activating group) is 1. The van der Waals surface area contributed by atoms with Crippen LogP contribution < -0.4 is 4.90 Å². The minimum Gasteiger partial charge on any atom is -0.364 e. The number of aromatic nitrogens is 1. The minimum atomic E-state index is 0.570. The molecule has 0 aliphatic carbocycles. The van der Waals surface area contributed by atoms with Crippen LogP contribution in [0.15, 0.2) is 18.3 Å². The number of likely N-dealkylation sites (tertiary alicyclic amines) is 1. The van der Waals surface area contributed by atoms with E-state index in [9.17, 15) is 0 Å². The number of pyridine rings is 1. The molecule has 2 saturated heterocycles. The molecule has 1 aromatic rings. The molecule has 1 aromatic heterocycles. The second-order valence-corrected chi connectivity index (χ2v) is 4.86. The Bertz CT molecular complexity index is 363. The number of hydrogen-bond donors (Lipinski definition) is 0. The van der Waals surface area contributed by atoms with Crippen molar-refractivity contribution in [2.24, 2.45) is 0 Å². The standard InChI is InChI=1S/C11H14ClN3/c1-14-6-10-4-9(14)7-15(10)8-2-3-11(12)13-5-8/h2-3,5,9-10H,4,6-7H2,1H3/t9?,10-/m0/s1. The molecule has 2 aliphatic heterocycles. The third-order valence-electron chi connectivity index (χ3n) is 3.56. The average Bonchev–Trinajstić information content (AvgIpc) is 2.77. The lowest BCUT2D eigenvalue weighted by molar-refractivity contribution is 0.292. The molecule has 4 heteroatoms. The third kappa shape index (κ3) is 1.50. The molecule has 3 nitrogen and oxygen atoms in total. The maximum atomic E-state index is 5.78. The smallest absolute Gasteiger partial charge is 0.129 e. The molecule has 3 heterocycles. The molecule has 1 unspecified atom stereocenters. The van der Waals surface area contributed by atoms with Crippen molar-refractivity contribution in [3.05, 3.63) is 23.5 Å². The molecule has 0 saturated carbocycles. The van der Waals surface area contributed by atoms with E-state index in [1.54, 1.807) is 0 Å². The predicted octanol–water partition coefficient (Wildman–Crippen LogP) is 1.63. The Labute approximate surface area is 94.7 Å². The van der Waals surface area contributed by atoms with Crippen LogP contribution in [0.2, 0.25) is 5.15 Å². The van der Waals surface area contributed by atoms with Crippen LogP contribution >= 0.6 is 11.6 Å². The lowest BCUT2D eigenvalue weighted by atomic mass is 10.2. The van der Waals surface area contributed by atoms with Crippen molar-refractivity contribution in [1.29, 1.82) is 0 Å². The number of piperazine rings is 1. The van der Waals surface area contributed by atoms with Crippen LogP contribution in [0.1, 0.15) is 6.42 Å². The zero-order valence-corrected chi connectivity index (χ0v) is 9.48. The van der Waals surface area contributed by atoms with Crippen molar-refractivity contribution in [3.63, 3.8) is 0 Å². The molecule has 0 N–H and O–H groups in total. The van der Waals surface area contributed by atoms with Gasteiger partial charge >= 0.3 is 0 Å². The summed E-state index contributed by atoms with van der Waals surface area (Å²) in [5.41, 5.74) is 1.21. The fourth-order valence-electron chi connectivity index (χ4n) is 2.72. The number of anilines is 1. The van der Waals surface area contributed by atoms with Crippen molar-refractivity contribution in [2.75, 3.05) is 25.0 Å². The van der Waals surface area contributed by atoms with Gasteiger partial charge in [0.05, 0.1) is 11.9 Å². The van der Waals surface area contributed by atoms with Gasteiger partial charge in [0.15, 0.2) is 0 Å². The summed E-state index contributed by atoms with van der Waals surface area (Å²) < 4.78 is 0. The highest BCUT2D eigenvalue weighted by Crippen LogP contribution is 2.33. The average molecular weight is 224 g/mol. The van der Waals surface area contributed by atoms with Gasteiger partial charge < -0.3 is 4.90 Å². The molecule has 0 amide bonds. The second-order valence-electron chi connectivity index (χ2n) is 4.47. The van der Waals surface area contributed by atoms with E-state index in [4.69, 9.17) is 11.6 Å². The molecule has 3 rings (SSSR count). The van der Waals surface area contributed by atoms with E-state index < -0.39 is 0 Å². The maximum absolute atomic E-state index is 5.78. The summed E-state index contributed by atoms with van der Waals surface area (Å²) in [6.45, 7) is 2.30. The van der Waals surface area contributed by atoms with Gasteiger partial charge in [0, 0.05) is 25.2 Å². The Morgan fingerprint density at radius 1 is 1.33 bits per heavy atom. The van der Waals surface area contributed by atoms with Crippen LogP contribution in [-0.4, -0.2) is 42.1 Å². The molecule has 2 aliphatic rings. The molecule has 15 heavy (non-hydrogen) atoms. The summed E-state index contributed by atoms with van der Waals surface area (Å²) >= 11 is 5.78. The van der Waals surface area contributed by atoms with E-state index in [2.05, 4.69) is 27.9 Å². The van der Waals surface area contributed by atoms with Crippen molar-refractivity contribution in [2.45, 2.75) is 18.5 Å². The van der Waals surface area contributed by atoms with E-state index in [1.807, 2.05) is 12.3 Å². The number of nitrogens with zero attached hydrogens (tertiary/aromatic N) is 3. The zero-order valence-electron chi connectivity index (χ0n) is 8.73. The first-order valence-corrected chi connectivity index (χ1v) is 5.70. The van der Waals surface area contributed by atoms with Gasteiger partial charge in [-0.15, -0.1) is 0 Å². The topological polar surface area (TPSA) is 19.4 Å². The lowest BCUT2D eigenvalue weighted by Gasteiger charge is -2.33. The van der Waals surface area contributed by atoms with Crippen molar-refractivity contribution < 1.29 is 0 Å². The summed E-state index contributed by atoms with van der Waals surface area (Å²) in [7, 11) is 2.21. The Balaban J connectivity index is 1.83. The molecule has 0 radical (unpaired) electrons. The first-order chi connectivity index (χ1) is 7.24. The fourth-order valence-corrected chi connectivity index (χ4v) is 2.83. The first kappa shape index (κ1) is 9.43. The molecule has 80 valence electrons. The number of rotatable bonds is 1. The predicted molar refractivity (Wildman–Crippen MR) is 61.4 cm³/mol. The van der Waals surface area contributed by atoms with Crippen LogP contribution in [0.3, 0.4) is 0 Å². The highest BCUT2D eigenvalue weighted by Gasteiger charge is 2.41. The number of fused-ring (bicyclic) bond motifs is 2. The van der Waals surface area contributed by atoms with Crippen LogP contribution in [0.4, 0.5) is 5.69 Å². The second kappa shape index (κ2) is 3.35. The highest BCUT2D eigenvalue weighted by atomic mass is 35.5. The molecule has 2 bridgehead atoms. The summed E-state index contributed by atoms with van der Waals surface area (Å²) in [6.07, 6.45) is 3.17. The lowest BCUT2D eigenvalue weighted by Crippen LogP contribution is -2.44. The number of halogens is 1. The van der Waals surface area contributed by atoms with Gasteiger partial charge in [-0.25, -0.2) is 4.98 Å². The van der Waals surface area contributed by atoms with Gasteiger partial charge in [0.25, 0.3) is 0 Å². The Kier molecular flexibility index (Phi) is 2.11. The highest BCUT2D eigenvalue weighted by molar-refractivity contribution is 6.29. The first-order valence-electron chi connectivity index (χ1n) is 5.32. The molecule has 0 aromatic carbocycles. The monoisotopic (exact) mass is 223 g/mol. The van der Waals surface area contributed by atoms with E-state index in [0.29, 0.717) is 11.2 Å². The molecule has 0 spiro atoms. The van der Waals surface area contributed by atoms with E-state index in [0.717, 1.165) is 12.6 Å². The summed E-state index contributed by atoms with van der Waals surface area (Å²) in [6, 6.07) is 5.33. The van der Waals surface area contributed by atoms with Crippen molar-refractivity contribution >= 4 is 17.3 Å². The van der Waals surface area contributed by atoms with Gasteiger partial charge in [-0.05, 0) is 25.6 Å². The van der Waals surface area contributed by atoms with E-state index in [1.165, 1.54) is 18.7 Å².